The third kappa shape index (κ3) is 21.1. The summed E-state index contributed by atoms with van der Waals surface area (Å²) in [7, 11) is 0. The summed E-state index contributed by atoms with van der Waals surface area (Å²) < 4.78 is 17.1. The van der Waals surface area contributed by atoms with Crippen molar-refractivity contribution in [2.75, 3.05) is 26.4 Å². The molecule has 0 unspecified atom stereocenters. The number of carbonyl (C=O) groups is 3. The van der Waals surface area contributed by atoms with E-state index in [9.17, 15) is 14.4 Å². The van der Waals surface area contributed by atoms with E-state index in [-0.39, 0.29) is 13.2 Å². The fourth-order valence-corrected chi connectivity index (χ4v) is 0.670. The standard InChI is InChI=1S/C7H14O3.C4H6O6/c1-3-5-9-7(8)10-6-4-2;5-3(6)9-1-2-10-4(7)8/h3-6H2,1-2H3;1-2H2,(H,5,6)(H,7,8). The Morgan fingerprint density at radius 2 is 1.05 bits per heavy atom. The van der Waals surface area contributed by atoms with Crippen LogP contribution in [-0.4, -0.2) is 55.1 Å². The summed E-state index contributed by atoms with van der Waals surface area (Å²) in [6.07, 6.45) is -1.78. The lowest BCUT2D eigenvalue weighted by Gasteiger charge is -2.02. The van der Waals surface area contributed by atoms with E-state index in [1.165, 1.54) is 0 Å². The Balaban J connectivity index is 0. The molecule has 0 aromatic rings. The molecule has 0 rings (SSSR count). The molecule has 0 heterocycles. The van der Waals surface area contributed by atoms with Crippen molar-refractivity contribution >= 4 is 18.5 Å². The quantitative estimate of drug-likeness (QED) is 0.413. The van der Waals surface area contributed by atoms with Crippen molar-refractivity contribution < 1.29 is 43.5 Å². The Morgan fingerprint density at radius 1 is 0.700 bits per heavy atom. The number of ether oxygens (including phenoxy) is 4. The Hall–Kier alpha value is -2.19. The fraction of sp³-hybridized carbons (Fsp3) is 0.727. The van der Waals surface area contributed by atoms with Crippen LogP contribution in [0.5, 0.6) is 0 Å². The Bertz CT molecular complexity index is 251. The molecular weight excluding hydrogens is 276 g/mol. The number of rotatable bonds is 7. The van der Waals surface area contributed by atoms with Gasteiger partial charge in [-0.05, 0) is 12.8 Å². The SMILES string of the molecule is CCCOC(=O)OCCC.O=C(O)OCCOC(=O)O. The van der Waals surface area contributed by atoms with Gasteiger partial charge in [-0.25, -0.2) is 14.4 Å². The van der Waals surface area contributed by atoms with Gasteiger partial charge in [0.2, 0.25) is 0 Å². The van der Waals surface area contributed by atoms with E-state index in [0.717, 1.165) is 12.8 Å². The predicted octanol–water partition coefficient (Wildman–Crippen LogP) is 2.34. The van der Waals surface area contributed by atoms with Crippen LogP contribution in [0.3, 0.4) is 0 Å². The number of carboxylic acid groups (broad SMARTS) is 2. The van der Waals surface area contributed by atoms with Crippen molar-refractivity contribution in [3.8, 4) is 0 Å². The van der Waals surface area contributed by atoms with Crippen LogP contribution < -0.4 is 0 Å². The summed E-state index contributed by atoms with van der Waals surface area (Å²) in [5, 5.41) is 15.7. The summed E-state index contributed by atoms with van der Waals surface area (Å²) in [6.45, 7) is 4.22. The average molecular weight is 296 g/mol. The van der Waals surface area contributed by atoms with Crippen molar-refractivity contribution in [2.24, 2.45) is 0 Å². The lowest BCUT2D eigenvalue weighted by molar-refractivity contribution is 0.0472. The molecule has 0 radical (unpaired) electrons. The fourth-order valence-electron chi connectivity index (χ4n) is 0.670. The number of carbonyl (C=O) groups excluding carboxylic acids is 1. The van der Waals surface area contributed by atoms with Gasteiger partial charge in [0.1, 0.15) is 13.2 Å². The normalized spacial score (nSPS) is 8.70. The van der Waals surface area contributed by atoms with Crippen molar-refractivity contribution in [3.05, 3.63) is 0 Å². The minimum Gasteiger partial charge on any atom is -0.450 e. The van der Waals surface area contributed by atoms with E-state index < -0.39 is 18.5 Å². The van der Waals surface area contributed by atoms with Crippen LogP contribution in [0.1, 0.15) is 26.7 Å². The number of hydrogen-bond acceptors (Lipinski definition) is 7. The lowest BCUT2D eigenvalue weighted by Crippen LogP contribution is -2.10. The van der Waals surface area contributed by atoms with Crippen LogP contribution in [0.4, 0.5) is 14.4 Å². The number of hydrogen-bond donors (Lipinski definition) is 2. The molecule has 0 aliphatic heterocycles. The van der Waals surface area contributed by atoms with Crippen molar-refractivity contribution in [1.82, 2.24) is 0 Å². The molecule has 9 heteroatoms. The first kappa shape index (κ1) is 20.1. The molecule has 0 atom stereocenters. The van der Waals surface area contributed by atoms with Gasteiger partial charge in [-0.15, -0.1) is 0 Å². The van der Waals surface area contributed by atoms with Crippen LogP contribution in [-0.2, 0) is 18.9 Å². The Kier molecular flexibility index (Phi) is 15.0. The van der Waals surface area contributed by atoms with Gasteiger partial charge in [-0.3, -0.25) is 0 Å². The lowest BCUT2D eigenvalue weighted by atomic mass is 10.5. The molecule has 0 amide bonds. The van der Waals surface area contributed by atoms with E-state index in [1.807, 2.05) is 13.8 Å². The first-order valence-electron chi connectivity index (χ1n) is 5.94. The Labute approximate surface area is 116 Å². The Morgan fingerprint density at radius 3 is 1.30 bits per heavy atom. The molecular formula is C11H20O9. The topological polar surface area (TPSA) is 129 Å². The summed E-state index contributed by atoms with van der Waals surface area (Å²) in [4.78, 5) is 29.8. The van der Waals surface area contributed by atoms with Crippen LogP contribution in [0.25, 0.3) is 0 Å². The van der Waals surface area contributed by atoms with E-state index in [4.69, 9.17) is 10.2 Å². The summed E-state index contributed by atoms with van der Waals surface area (Å²) in [5.74, 6) is 0. The molecule has 0 aromatic heterocycles. The molecule has 118 valence electrons. The summed E-state index contributed by atoms with van der Waals surface area (Å²) in [6, 6.07) is 0. The van der Waals surface area contributed by atoms with Crippen molar-refractivity contribution in [3.63, 3.8) is 0 Å². The molecule has 9 nitrogen and oxygen atoms in total. The first-order valence-corrected chi connectivity index (χ1v) is 5.94. The molecule has 0 bridgehead atoms. The maximum Gasteiger partial charge on any atom is 0.508 e. The van der Waals surface area contributed by atoms with E-state index >= 15 is 0 Å². The van der Waals surface area contributed by atoms with Gasteiger partial charge in [-0.1, -0.05) is 13.8 Å². The van der Waals surface area contributed by atoms with Gasteiger partial charge in [0.25, 0.3) is 0 Å². The third-order valence-electron chi connectivity index (χ3n) is 1.38. The van der Waals surface area contributed by atoms with Gasteiger partial charge < -0.3 is 29.2 Å². The highest BCUT2D eigenvalue weighted by molar-refractivity contribution is 5.59. The van der Waals surface area contributed by atoms with Crippen LogP contribution >= 0.6 is 0 Å². The molecule has 0 saturated carbocycles. The second kappa shape index (κ2) is 14.9. The zero-order chi connectivity index (χ0) is 15.8. The average Bonchev–Trinajstić information content (AvgIpc) is 2.39. The molecule has 2 N–H and O–H groups in total. The molecule has 0 aliphatic rings. The molecule has 20 heavy (non-hydrogen) atoms. The first-order chi connectivity index (χ1) is 9.43. The monoisotopic (exact) mass is 296 g/mol. The van der Waals surface area contributed by atoms with Crippen molar-refractivity contribution in [1.29, 1.82) is 0 Å². The molecule has 0 saturated heterocycles. The summed E-state index contributed by atoms with van der Waals surface area (Å²) in [5.41, 5.74) is 0. The molecule has 0 fully saturated rings. The van der Waals surface area contributed by atoms with E-state index in [0.29, 0.717) is 13.2 Å². The largest absolute Gasteiger partial charge is 0.508 e. The zero-order valence-electron chi connectivity index (χ0n) is 11.5. The van der Waals surface area contributed by atoms with Gasteiger partial charge >= 0.3 is 18.5 Å². The summed E-state index contributed by atoms with van der Waals surface area (Å²) >= 11 is 0. The minimum atomic E-state index is -1.45. The second-order valence-electron chi connectivity index (χ2n) is 3.18. The minimum absolute atomic E-state index is 0.276. The predicted molar refractivity (Wildman–Crippen MR) is 65.8 cm³/mol. The maximum atomic E-state index is 10.5. The third-order valence-corrected chi connectivity index (χ3v) is 1.38. The highest BCUT2D eigenvalue weighted by Crippen LogP contribution is 1.88. The smallest absolute Gasteiger partial charge is 0.450 e. The highest BCUT2D eigenvalue weighted by Gasteiger charge is 1.99. The van der Waals surface area contributed by atoms with Gasteiger partial charge in [0, 0.05) is 0 Å². The highest BCUT2D eigenvalue weighted by atomic mass is 16.7. The van der Waals surface area contributed by atoms with Crippen LogP contribution in [0, 0.1) is 0 Å². The van der Waals surface area contributed by atoms with Crippen LogP contribution in [0.2, 0.25) is 0 Å². The van der Waals surface area contributed by atoms with Gasteiger partial charge in [-0.2, -0.15) is 0 Å². The van der Waals surface area contributed by atoms with Crippen molar-refractivity contribution in [2.45, 2.75) is 26.7 Å². The molecule has 0 aliphatic carbocycles. The molecule has 0 spiro atoms. The maximum absolute atomic E-state index is 10.5. The second-order valence-corrected chi connectivity index (χ2v) is 3.18. The van der Waals surface area contributed by atoms with Crippen LogP contribution in [0.15, 0.2) is 0 Å². The van der Waals surface area contributed by atoms with E-state index in [1.54, 1.807) is 0 Å². The zero-order valence-corrected chi connectivity index (χ0v) is 11.5. The van der Waals surface area contributed by atoms with Gasteiger partial charge in [0.15, 0.2) is 0 Å². The van der Waals surface area contributed by atoms with Gasteiger partial charge in [0.05, 0.1) is 13.2 Å². The van der Waals surface area contributed by atoms with E-state index in [2.05, 4.69) is 18.9 Å². The molecule has 0 aromatic carbocycles.